The highest BCUT2D eigenvalue weighted by Gasteiger charge is 2.18. The summed E-state index contributed by atoms with van der Waals surface area (Å²) in [6.07, 6.45) is -2.23. The van der Waals surface area contributed by atoms with E-state index in [1.165, 1.54) is 0 Å². The largest absolute Gasteiger partial charge is 0.359 e. The Bertz CT molecular complexity index is 1050. The molecule has 3 heterocycles. The lowest BCUT2D eigenvalue weighted by Crippen LogP contribution is -2.11. The summed E-state index contributed by atoms with van der Waals surface area (Å²) in [5.74, 6) is 0.796. The second-order valence-electron chi connectivity index (χ2n) is 5.92. The molecule has 0 fully saturated rings. The third-order valence-corrected chi connectivity index (χ3v) is 3.92. The van der Waals surface area contributed by atoms with Gasteiger partial charge in [0.05, 0.1) is 12.5 Å². The zero-order chi connectivity index (χ0) is 18.8. The van der Waals surface area contributed by atoms with Crippen LogP contribution < -0.4 is 5.32 Å². The number of rotatable bonds is 6. The van der Waals surface area contributed by atoms with Crippen LogP contribution in [-0.4, -0.2) is 30.0 Å². The van der Waals surface area contributed by atoms with Gasteiger partial charge in [-0.3, -0.25) is 0 Å². The molecule has 0 aliphatic rings. The number of benzene rings is 1. The van der Waals surface area contributed by atoms with Gasteiger partial charge in [0.1, 0.15) is 5.82 Å². The standard InChI is InChI=1S/C17H15F2N7O/c1-10(16-21-14(27-25-16)9-11-5-3-2-4-6-11)20-12-7-8-13-22-23-17(15(18)19)26(13)24-12/h2-8,10,15H,9H2,1H3,(H,20,24). The molecule has 0 radical (unpaired) electrons. The van der Waals surface area contributed by atoms with Crippen molar-refractivity contribution in [3.05, 3.63) is 65.6 Å². The molecular formula is C17H15F2N7O. The molecule has 0 spiro atoms. The Morgan fingerprint density at radius 2 is 1.93 bits per heavy atom. The monoisotopic (exact) mass is 371 g/mol. The molecule has 10 heteroatoms. The summed E-state index contributed by atoms with van der Waals surface area (Å²) in [6.45, 7) is 1.82. The zero-order valence-electron chi connectivity index (χ0n) is 14.3. The number of nitrogens with zero attached hydrogens (tertiary/aromatic N) is 6. The van der Waals surface area contributed by atoms with Gasteiger partial charge in [0.15, 0.2) is 11.5 Å². The van der Waals surface area contributed by atoms with Gasteiger partial charge in [0.25, 0.3) is 6.43 Å². The number of halogens is 2. The van der Waals surface area contributed by atoms with E-state index in [1.54, 1.807) is 12.1 Å². The van der Waals surface area contributed by atoms with E-state index in [4.69, 9.17) is 4.52 Å². The SMILES string of the molecule is CC(Nc1ccc2nnc(C(F)F)n2n1)c1noc(Cc2ccccc2)n1. The highest BCUT2D eigenvalue weighted by Crippen LogP contribution is 2.20. The second-order valence-corrected chi connectivity index (χ2v) is 5.92. The van der Waals surface area contributed by atoms with Gasteiger partial charge >= 0.3 is 0 Å². The molecule has 138 valence electrons. The maximum atomic E-state index is 13.0. The molecule has 0 aliphatic carbocycles. The maximum Gasteiger partial charge on any atom is 0.299 e. The summed E-state index contributed by atoms with van der Waals surface area (Å²) in [7, 11) is 0. The number of hydrogen-bond donors (Lipinski definition) is 1. The molecule has 0 saturated carbocycles. The van der Waals surface area contributed by atoms with Crippen molar-refractivity contribution in [2.75, 3.05) is 5.32 Å². The molecule has 27 heavy (non-hydrogen) atoms. The molecule has 0 aliphatic heterocycles. The van der Waals surface area contributed by atoms with Gasteiger partial charge in [0, 0.05) is 0 Å². The van der Waals surface area contributed by atoms with Gasteiger partial charge in [-0.25, -0.2) is 8.78 Å². The number of nitrogens with one attached hydrogen (secondary N) is 1. The first-order valence-electron chi connectivity index (χ1n) is 8.23. The van der Waals surface area contributed by atoms with Crippen molar-refractivity contribution >= 4 is 11.5 Å². The quantitative estimate of drug-likeness (QED) is 0.556. The maximum absolute atomic E-state index is 13.0. The van der Waals surface area contributed by atoms with Crippen LogP contribution >= 0.6 is 0 Å². The third-order valence-electron chi connectivity index (χ3n) is 3.92. The van der Waals surface area contributed by atoms with Crippen LogP contribution in [0.25, 0.3) is 5.65 Å². The van der Waals surface area contributed by atoms with E-state index in [-0.39, 0.29) is 11.7 Å². The van der Waals surface area contributed by atoms with Gasteiger partial charge in [-0.15, -0.1) is 15.3 Å². The first-order chi connectivity index (χ1) is 13.1. The van der Waals surface area contributed by atoms with Crippen molar-refractivity contribution in [3.63, 3.8) is 0 Å². The van der Waals surface area contributed by atoms with E-state index in [2.05, 4.69) is 30.8 Å². The van der Waals surface area contributed by atoms with Crippen LogP contribution in [0.5, 0.6) is 0 Å². The highest BCUT2D eigenvalue weighted by atomic mass is 19.3. The van der Waals surface area contributed by atoms with Crippen LogP contribution in [0.4, 0.5) is 14.6 Å². The first-order valence-corrected chi connectivity index (χ1v) is 8.23. The smallest absolute Gasteiger partial charge is 0.299 e. The van der Waals surface area contributed by atoms with E-state index in [0.717, 1.165) is 10.1 Å². The van der Waals surface area contributed by atoms with Crippen LogP contribution in [-0.2, 0) is 6.42 Å². The van der Waals surface area contributed by atoms with Crippen LogP contribution in [0.2, 0.25) is 0 Å². The zero-order valence-corrected chi connectivity index (χ0v) is 14.3. The minimum Gasteiger partial charge on any atom is -0.359 e. The minimum absolute atomic E-state index is 0.244. The molecule has 4 rings (SSSR count). The van der Waals surface area contributed by atoms with Crippen molar-refractivity contribution in [2.24, 2.45) is 0 Å². The number of alkyl halides is 2. The van der Waals surface area contributed by atoms with E-state index in [9.17, 15) is 8.78 Å². The minimum atomic E-state index is -2.77. The van der Waals surface area contributed by atoms with Crippen molar-refractivity contribution in [3.8, 4) is 0 Å². The Kier molecular flexibility index (Phi) is 4.45. The molecule has 0 bridgehead atoms. The fourth-order valence-corrected chi connectivity index (χ4v) is 2.59. The lowest BCUT2D eigenvalue weighted by atomic mass is 10.1. The van der Waals surface area contributed by atoms with Crippen molar-refractivity contribution in [1.29, 1.82) is 0 Å². The normalized spacial score (nSPS) is 12.6. The summed E-state index contributed by atoms with van der Waals surface area (Å²) >= 11 is 0. The van der Waals surface area contributed by atoms with E-state index in [0.29, 0.717) is 24.0 Å². The fourth-order valence-electron chi connectivity index (χ4n) is 2.59. The lowest BCUT2D eigenvalue weighted by molar-refractivity contribution is 0.137. The molecule has 0 saturated heterocycles. The van der Waals surface area contributed by atoms with Gasteiger partial charge < -0.3 is 9.84 Å². The van der Waals surface area contributed by atoms with E-state index < -0.39 is 12.2 Å². The van der Waals surface area contributed by atoms with Crippen LogP contribution in [0.15, 0.2) is 47.0 Å². The number of anilines is 1. The Balaban J connectivity index is 1.50. The predicted molar refractivity (Wildman–Crippen MR) is 91.3 cm³/mol. The van der Waals surface area contributed by atoms with Gasteiger partial charge in [-0.2, -0.15) is 9.50 Å². The molecule has 8 nitrogen and oxygen atoms in total. The summed E-state index contributed by atoms with van der Waals surface area (Å²) in [5, 5.41) is 18.3. The Morgan fingerprint density at radius 3 is 2.70 bits per heavy atom. The van der Waals surface area contributed by atoms with Crippen molar-refractivity contribution in [2.45, 2.75) is 25.8 Å². The summed E-state index contributed by atoms with van der Waals surface area (Å²) < 4.78 is 32.2. The van der Waals surface area contributed by atoms with Crippen LogP contribution in [0, 0.1) is 0 Å². The Morgan fingerprint density at radius 1 is 1.11 bits per heavy atom. The average molecular weight is 371 g/mol. The molecule has 1 aromatic carbocycles. The molecule has 4 aromatic rings. The third kappa shape index (κ3) is 3.59. The molecule has 1 N–H and O–H groups in total. The summed E-state index contributed by atoms with van der Waals surface area (Å²) in [5.41, 5.74) is 1.31. The molecular weight excluding hydrogens is 356 g/mol. The number of hydrogen-bond acceptors (Lipinski definition) is 7. The predicted octanol–water partition coefficient (Wildman–Crippen LogP) is 3.21. The van der Waals surface area contributed by atoms with Crippen molar-refractivity contribution in [1.82, 2.24) is 30.0 Å². The van der Waals surface area contributed by atoms with E-state index >= 15 is 0 Å². The lowest BCUT2D eigenvalue weighted by Gasteiger charge is -2.10. The van der Waals surface area contributed by atoms with Crippen LogP contribution in [0.3, 0.4) is 0 Å². The molecule has 1 unspecified atom stereocenters. The highest BCUT2D eigenvalue weighted by molar-refractivity contribution is 5.44. The summed E-state index contributed by atoms with van der Waals surface area (Å²) in [4.78, 5) is 4.38. The van der Waals surface area contributed by atoms with E-state index in [1.807, 2.05) is 37.3 Å². The van der Waals surface area contributed by atoms with Gasteiger partial charge in [-0.1, -0.05) is 35.5 Å². The van der Waals surface area contributed by atoms with Crippen molar-refractivity contribution < 1.29 is 13.3 Å². The second kappa shape index (κ2) is 7.06. The Hall–Kier alpha value is -3.43. The number of fused-ring (bicyclic) bond motifs is 1. The summed E-state index contributed by atoms with van der Waals surface area (Å²) in [6, 6.07) is 12.6. The fraction of sp³-hybridized carbons (Fsp3) is 0.235. The Labute approximate surface area is 152 Å². The average Bonchev–Trinajstić information content (AvgIpc) is 3.29. The molecule has 3 aromatic heterocycles. The topological polar surface area (TPSA) is 94.0 Å². The molecule has 0 amide bonds. The first kappa shape index (κ1) is 17.0. The molecule has 1 atom stereocenters. The van der Waals surface area contributed by atoms with Gasteiger partial charge in [0.2, 0.25) is 11.7 Å². The van der Waals surface area contributed by atoms with Crippen LogP contribution in [0.1, 0.15) is 42.5 Å². The number of aromatic nitrogens is 6. The van der Waals surface area contributed by atoms with Gasteiger partial charge in [-0.05, 0) is 24.6 Å².